The van der Waals surface area contributed by atoms with Crippen LogP contribution in [0.5, 0.6) is 0 Å². The van der Waals surface area contributed by atoms with E-state index in [2.05, 4.69) is 4.99 Å². The second-order valence-corrected chi connectivity index (χ2v) is 6.62. The van der Waals surface area contributed by atoms with Crippen molar-refractivity contribution in [3.05, 3.63) is 51.2 Å². The van der Waals surface area contributed by atoms with Crippen LogP contribution >= 0.6 is 0 Å². The molecule has 10 nitrogen and oxygen atoms in total. The highest BCUT2D eigenvalue weighted by molar-refractivity contribution is 6.07. The molecule has 0 aromatic heterocycles. The largest absolute Gasteiger partial charge is 0.468 e. The van der Waals surface area contributed by atoms with Gasteiger partial charge in [-0.2, -0.15) is 0 Å². The molecule has 0 amide bonds. The van der Waals surface area contributed by atoms with E-state index in [1.165, 1.54) is 25.3 Å². The van der Waals surface area contributed by atoms with Gasteiger partial charge in [-0.05, 0) is 19.4 Å². The first-order valence-corrected chi connectivity index (χ1v) is 9.34. The molecule has 2 unspecified atom stereocenters. The first-order chi connectivity index (χ1) is 14.3. The van der Waals surface area contributed by atoms with Crippen LogP contribution in [0.1, 0.15) is 25.3 Å². The topological polar surface area (TPSA) is 143 Å². The van der Waals surface area contributed by atoms with E-state index in [4.69, 9.17) is 19.9 Å². The number of nitrogens with two attached hydrogens (primary N) is 1. The van der Waals surface area contributed by atoms with Crippen LogP contribution in [0.4, 0.5) is 5.69 Å². The first-order valence-electron chi connectivity index (χ1n) is 9.34. The van der Waals surface area contributed by atoms with Crippen LogP contribution in [0.25, 0.3) is 0 Å². The summed E-state index contributed by atoms with van der Waals surface area (Å²) in [7, 11) is 1.23. The van der Waals surface area contributed by atoms with Crippen LogP contribution in [0.2, 0.25) is 0 Å². The van der Waals surface area contributed by atoms with Gasteiger partial charge in [0.15, 0.2) is 0 Å². The van der Waals surface area contributed by atoms with Crippen LogP contribution in [0.3, 0.4) is 0 Å². The minimum atomic E-state index is -0.920. The third-order valence-corrected chi connectivity index (χ3v) is 4.67. The standard InChI is InChI=1S/C20H25N3O7/c1-12-16(19(24)28-3)18(14-5-4-6-15(11-14)23(26)27)17(13(2)22-12)20(25)30-10-9-29-8-7-21/h4-6,11,16,18H,7-10,21H2,1-3H3. The third-order valence-electron chi connectivity index (χ3n) is 4.67. The van der Waals surface area contributed by atoms with Gasteiger partial charge in [-0.25, -0.2) is 4.79 Å². The molecule has 0 spiro atoms. The quantitative estimate of drug-likeness (QED) is 0.276. The van der Waals surface area contributed by atoms with E-state index in [0.717, 1.165) is 0 Å². The maximum Gasteiger partial charge on any atom is 0.336 e. The molecule has 1 heterocycles. The third kappa shape index (κ3) is 5.28. The second-order valence-electron chi connectivity index (χ2n) is 6.62. The summed E-state index contributed by atoms with van der Waals surface area (Å²) in [5.41, 5.74) is 6.57. The van der Waals surface area contributed by atoms with E-state index < -0.39 is 28.7 Å². The number of aliphatic imine (C=N–C) groups is 1. The van der Waals surface area contributed by atoms with Crippen molar-refractivity contribution in [1.29, 1.82) is 0 Å². The Morgan fingerprint density at radius 3 is 2.60 bits per heavy atom. The molecule has 162 valence electrons. The van der Waals surface area contributed by atoms with Crippen molar-refractivity contribution < 1.29 is 28.7 Å². The molecule has 0 aliphatic carbocycles. The lowest BCUT2D eigenvalue weighted by Gasteiger charge is -2.31. The number of carbonyl (C=O) groups excluding carboxylic acids is 2. The van der Waals surface area contributed by atoms with Crippen molar-refractivity contribution in [3.63, 3.8) is 0 Å². The average molecular weight is 419 g/mol. The summed E-state index contributed by atoms with van der Waals surface area (Å²) in [6.45, 7) is 4.12. The Labute approximate surface area is 173 Å². The lowest BCUT2D eigenvalue weighted by molar-refractivity contribution is -0.384. The van der Waals surface area contributed by atoms with Crippen molar-refractivity contribution in [3.8, 4) is 0 Å². The zero-order chi connectivity index (χ0) is 22.3. The SMILES string of the molecule is COC(=O)C1C(C)=NC(C)=C(C(=O)OCCOCCN)C1c1cccc([N+](=O)[O-])c1. The summed E-state index contributed by atoms with van der Waals surface area (Å²) < 4.78 is 15.4. The number of nitro benzene ring substituents is 1. The zero-order valence-electron chi connectivity index (χ0n) is 17.1. The average Bonchev–Trinajstić information content (AvgIpc) is 2.72. The molecule has 0 saturated heterocycles. The number of nitro groups is 1. The summed E-state index contributed by atoms with van der Waals surface area (Å²) in [5, 5.41) is 11.2. The Morgan fingerprint density at radius 2 is 1.97 bits per heavy atom. The molecule has 1 aromatic rings. The van der Waals surface area contributed by atoms with Gasteiger partial charge in [0.2, 0.25) is 0 Å². The number of methoxy groups -OCH3 is 1. The van der Waals surface area contributed by atoms with E-state index in [9.17, 15) is 19.7 Å². The number of benzene rings is 1. The maximum absolute atomic E-state index is 12.9. The van der Waals surface area contributed by atoms with Crippen LogP contribution in [-0.4, -0.2) is 56.0 Å². The number of ether oxygens (including phenoxy) is 3. The molecule has 2 rings (SSSR count). The molecular formula is C20H25N3O7. The molecular weight excluding hydrogens is 394 g/mol. The van der Waals surface area contributed by atoms with Crippen molar-refractivity contribution in [2.24, 2.45) is 16.6 Å². The fourth-order valence-corrected chi connectivity index (χ4v) is 3.38. The molecule has 1 aliphatic heterocycles. The Balaban J connectivity index is 2.45. The Kier molecular flexibility index (Phi) is 8.19. The van der Waals surface area contributed by atoms with Gasteiger partial charge < -0.3 is 19.9 Å². The van der Waals surface area contributed by atoms with E-state index in [1.54, 1.807) is 19.9 Å². The fraction of sp³-hybridized carbons (Fsp3) is 0.450. The van der Waals surface area contributed by atoms with Gasteiger partial charge >= 0.3 is 11.9 Å². The zero-order valence-corrected chi connectivity index (χ0v) is 17.1. The monoisotopic (exact) mass is 419 g/mol. The molecule has 1 aliphatic rings. The first kappa shape index (κ1) is 23.2. The lowest BCUT2D eigenvalue weighted by atomic mass is 9.75. The number of allylic oxidation sites excluding steroid dienone is 1. The number of hydrogen-bond donors (Lipinski definition) is 1. The van der Waals surface area contributed by atoms with Crippen molar-refractivity contribution in [2.45, 2.75) is 19.8 Å². The minimum Gasteiger partial charge on any atom is -0.468 e. The predicted octanol–water partition coefficient (Wildman–Crippen LogP) is 1.73. The lowest BCUT2D eigenvalue weighted by Crippen LogP contribution is -2.36. The summed E-state index contributed by atoms with van der Waals surface area (Å²) in [5.74, 6) is -3.04. The number of esters is 2. The van der Waals surface area contributed by atoms with Crippen LogP contribution in [-0.2, 0) is 23.8 Å². The molecule has 30 heavy (non-hydrogen) atoms. The van der Waals surface area contributed by atoms with Gasteiger partial charge in [-0.3, -0.25) is 19.9 Å². The van der Waals surface area contributed by atoms with Gasteiger partial charge in [-0.15, -0.1) is 0 Å². The fourth-order valence-electron chi connectivity index (χ4n) is 3.38. The summed E-state index contributed by atoms with van der Waals surface area (Å²) in [6.07, 6.45) is 0. The number of carbonyl (C=O) groups is 2. The molecule has 2 atom stereocenters. The Morgan fingerprint density at radius 1 is 1.23 bits per heavy atom. The van der Waals surface area contributed by atoms with Gasteiger partial charge in [0.1, 0.15) is 12.5 Å². The number of nitrogens with zero attached hydrogens (tertiary/aromatic N) is 2. The molecule has 0 radical (unpaired) electrons. The molecule has 0 fully saturated rings. The molecule has 10 heteroatoms. The second kappa shape index (κ2) is 10.6. The van der Waals surface area contributed by atoms with Gasteiger partial charge in [0.05, 0.1) is 30.8 Å². The summed E-state index contributed by atoms with van der Waals surface area (Å²) >= 11 is 0. The number of non-ortho nitro benzene ring substituents is 1. The minimum absolute atomic E-state index is 0.0111. The van der Waals surface area contributed by atoms with E-state index >= 15 is 0 Å². The maximum atomic E-state index is 12.9. The smallest absolute Gasteiger partial charge is 0.336 e. The van der Waals surface area contributed by atoms with E-state index in [1.807, 2.05) is 0 Å². The normalized spacial score (nSPS) is 18.6. The van der Waals surface area contributed by atoms with Gasteiger partial charge in [0, 0.05) is 36.0 Å². The van der Waals surface area contributed by atoms with Crippen LogP contribution < -0.4 is 5.73 Å². The summed E-state index contributed by atoms with van der Waals surface area (Å²) in [6, 6.07) is 5.80. The Bertz CT molecular complexity index is 879. The van der Waals surface area contributed by atoms with Crippen molar-refractivity contribution >= 4 is 23.3 Å². The van der Waals surface area contributed by atoms with Gasteiger partial charge in [-0.1, -0.05) is 12.1 Å². The summed E-state index contributed by atoms with van der Waals surface area (Å²) in [4.78, 5) is 40.5. The Hall–Kier alpha value is -3.11. The van der Waals surface area contributed by atoms with E-state index in [-0.39, 0.29) is 24.5 Å². The van der Waals surface area contributed by atoms with E-state index in [0.29, 0.717) is 30.1 Å². The molecule has 0 saturated carbocycles. The highest BCUT2D eigenvalue weighted by Crippen LogP contribution is 2.40. The van der Waals surface area contributed by atoms with Crippen LogP contribution in [0.15, 0.2) is 40.5 Å². The highest BCUT2D eigenvalue weighted by Gasteiger charge is 2.42. The number of rotatable bonds is 9. The number of hydrogen-bond acceptors (Lipinski definition) is 9. The predicted molar refractivity (Wildman–Crippen MR) is 108 cm³/mol. The highest BCUT2D eigenvalue weighted by atomic mass is 16.6. The molecule has 0 bridgehead atoms. The van der Waals surface area contributed by atoms with Crippen LogP contribution in [0, 0.1) is 16.0 Å². The van der Waals surface area contributed by atoms with Gasteiger partial charge in [0.25, 0.3) is 5.69 Å². The van der Waals surface area contributed by atoms with Crippen molar-refractivity contribution in [2.75, 3.05) is 33.5 Å². The molecule has 2 N–H and O–H groups in total. The van der Waals surface area contributed by atoms with Crippen molar-refractivity contribution in [1.82, 2.24) is 0 Å². The molecule has 1 aromatic carbocycles.